The van der Waals surface area contributed by atoms with E-state index >= 15 is 0 Å². The lowest BCUT2D eigenvalue weighted by atomic mass is 9.68. The van der Waals surface area contributed by atoms with Crippen molar-refractivity contribution in [3.63, 3.8) is 0 Å². The van der Waals surface area contributed by atoms with Crippen LogP contribution in [0.2, 0.25) is 0 Å². The van der Waals surface area contributed by atoms with Gasteiger partial charge in [0.15, 0.2) is 0 Å². The summed E-state index contributed by atoms with van der Waals surface area (Å²) >= 11 is 0. The summed E-state index contributed by atoms with van der Waals surface area (Å²) < 4.78 is 0. The molecule has 1 amide bonds. The van der Waals surface area contributed by atoms with E-state index in [9.17, 15) is 9.90 Å². The van der Waals surface area contributed by atoms with E-state index in [-0.39, 0.29) is 23.0 Å². The van der Waals surface area contributed by atoms with Crippen LogP contribution in [0.5, 0.6) is 5.75 Å². The van der Waals surface area contributed by atoms with Crippen LogP contribution in [0.4, 0.5) is 5.69 Å². The van der Waals surface area contributed by atoms with Crippen LogP contribution in [0.3, 0.4) is 0 Å². The van der Waals surface area contributed by atoms with Crippen LogP contribution in [0.1, 0.15) is 39.5 Å². The standard InChI is InChI=1S/C15H21NO2/c1-15(2)9-4-3-8-13(15)14(18)16-11-6-5-7-12(17)10-11/h5-7,10,13,17H,3-4,8-9H2,1-2H3,(H,16,18). The molecule has 1 fully saturated rings. The Kier molecular flexibility index (Phi) is 3.60. The molecule has 0 radical (unpaired) electrons. The summed E-state index contributed by atoms with van der Waals surface area (Å²) in [6, 6.07) is 6.71. The molecule has 1 aliphatic carbocycles. The molecule has 18 heavy (non-hydrogen) atoms. The first-order valence-electron chi connectivity index (χ1n) is 6.59. The zero-order valence-electron chi connectivity index (χ0n) is 11.1. The van der Waals surface area contributed by atoms with Crippen molar-refractivity contribution in [2.45, 2.75) is 39.5 Å². The van der Waals surface area contributed by atoms with Gasteiger partial charge in [-0.1, -0.05) is 32.8 Å². The lowest BCUT2D eigenvalue weighted by Crippen LogP contribution is -2.37. The third-order valence-electron chi connectivity index (χ3n) is 3.94. The average molecular weight is 247 g/mol. The quantitative estimate of drug-likeness (QED) is 0.839. The summed E-state index contributed by atoms with van der Waals surface area (Å²) in [6.45, 7) is 4.33. The van der Waals surface area contributed by atoms with Crippen molar-refractivity contribution in [2.24, 2.45) is 11.3 Å². The van der Waals surface area contributed by atoms with Crippen LogP contribution in [0.15, 0.2) is 24.3 Å². The van der Waals surface area contributed by atoms with E-state index in [4.69, 9.17) is 0 Å². The predicted molar refractivity (Wildman–Crippen MR) is 72.5 cm³/mol. The van der Waals surface area contributed by atoms with Gasteiger partial charge in [-0.2, -0.15) is 0 Å². The molecule has 0 aliphatic heterocycles. The monoisotopic (exact) mass is 247 g/mol. The Labute approximate surface area is 108 Å². The Morgan fingerprint density at radius 3 is 2.83 bits per heavy atom. The van der Waals surface area contributed by atoms with E-state index in [0.717, 1.165) is 19.3 Å². The van der Waals surface area contributed by atoms with Crippen molar-refractivity contribution in [2.75, 3.05) is 5.32 Å². The number of hydrogen-bond donors (Lipinski definition) is 2. The first-order valence-corrected chi connectivity index (χ1v) is 6.59. The number of nitrogens with one attached hydrogen (secondary N) is 1. The molecule has 3 heteroatoms. The van der Waals surface area contributed by atoms with Crippen molar-refractivity contribution in [3.8, 4) is 5.75 Å². The molecule has 0 aromatic heterocycles. The van der Waals surface area contributed by atoms with E-state index in [0.29, 0.717) is 5.69 Å². The maximum absolute atomic E-state index is 12.3. The second-order valence-electron chi connectivity index (χ2n) is 5.83. The summed E-state index contributed by atoms with van der Waals surface area (Å²) in [5.41, 5.74) is 0.737. The van der Waals surface area contributed by atoms with Crippen molar-refractivity contribution >= 4 is 11.6 Å². The molecule has 1 aromatic carbocycles. The van der Waals surface area contributed by atoms with Gasteiger partial charge in [-0.15, -0.1) is 0 Å². The van der Waals surface area contributed by atoms with Crippen LogP contribution < -0.4 is 5.32 Å². The van der Waals surface area contributed by atoms with Gasteiger partial charge in [0.1, 0.15) is 5.75 Å². The number of amides is 1. The molecule has 98 valence electrons. The Bertz CT molecular complexity index is 440. The first-order chi connectivity index (χ1) is 8.49. The molecule has 1 unspecified atom stereocenters. The summed E-state index contributed by atoms with van der Waals surface area (Å²) in [6.07, 6.45) is 4.40. The van der Waals surface area contributed by atoms with Crippen LogP contribution >= 0.6 is 0 Å². The smallest absolute Gasteiger partial charge is 0.228 e. The molecule has 2 rings (SSSR count). The van der Waals surface area contributed by atoms with Crippen LogP contribution in [-0.4, -0.2) is 11.0 Å². The summed E-state index contributed by atoms with van der Waals surface area (Å²) in [4.78, 5) is 12.3. The molecule has 0 heterocycles. The van der Waals surface area contributed by atoms with E-state index < -0.39 is 0 Å². The minimum atomic E-state index is 0.0635. The lowest BCUT2D eigenvalue weighted by molar-refractivity contribution is -0.124. The average Bonchev–Trinajstić information content (AvgIpc) is 2.28. The van der Waals surface area contributed by atoms with Gasteiger partial charge in [0.25, 0.3) is 0 Å². The van der Waals surface area contributed by atoms with E-state index in [1.807, 2.05) is 0 Å². The number of benzene rings is 1. The summed E-state index contributed by atoms with van der Waals surface area (Å²) in [5.74, 6) is 0.314. The second kappa shape index (κ2) is 5.01. The molecule has 1 aliphatic rings. The topological polar surface area (TPSA) is 49.3 Å². The number of aromatic hydroxyl groups is 1. The molecular weight excluding hydrogens is 226 g/mol. The molecule has 2 N–H and O–H groups in total. The highest BCUT2D eigenvalue weighted by Crippen LogP contribution is 2.41. The Morgan fingerprint density at radius 2 is 2.17 bits per heavy atom. The first kappa shape index (κ1) is 12.9. The van der Waals surface area contributed by atoms with Gasteiger partial charge in [0.2, 0.25) is 5.91 Å². The lowest BCUT2D eigenvalue weighted by Gasteiger charge is -2.37. The Balaban J connectivity index is 2.07. The SMILES string of the molecule is CC1(C)CCCCC1C(=O)Nc1cccc(O)c1. The highest BCUT2D eigenvalue weighted by Gasteiger charge is 2.37. The van der Waals surface area contributed by atoms with Crippen molar-refractivity contribution in [1.29, 1.82) is 0 Å². The predicted octanol–water partition coefficient (Wildman–Crippen LogP) is 3.55. The number of rotatable bonds is 2. The molecular formula is C15H21NO2. The van der Waals surface area contributed by atoms with Gasteiger partial charge in [0, 0.05) is 17.7 Å². The third-order valence-corrected chi connectivity index (χ3v) is 3.94. The van der Waals surface area contributed by atoms with E-state index in [2.05, 4.69) is 19.2 Å². The van der Waals surface area contributed by atoms with Crippen molar-refractivity contribution in [3.05, 3.63) is 24.3 Å². The molecule has 0 saturated heterocycles. The molecule has 0 spiro atoms. The maximum atomic E-state index is 12.3. The van der Waals surface area contributed by atoms with E-state index in [1.165, 1.54) is 6.42 Å². The highest BCUT2D eigenvalue weighted by atomic mass is 16.3. The van der Waals surface area contributed by atoms with Crippen LogP contribution in [-0.2, 0) is 4.79 Å². The third kappa shape index (κ3) is 2.84. The van der Waals surface area contributed by atoms with Gasteiger partial charge >= 0.3 is 0 Å². The van der Waals surface area contributed by atoms with Gasteiger partial charge in [-0.3, -0.25) is 4.79 Å². The molecule has 3 nitrogen and oxygen atoms in total. The molecule has 1 aromatic rings. The number of carbonyl (C=O) groups excluding carboxylic acids is 1. The molecule has 1 atom stereocenters. The fourth-order valence-electron chi connectivity index (χ4n) is 2.79. The van der Waals surface area contributed by atoms with Crippen molar-refractivity contribution in [1.82, 2.24) is 0 Å². The van der Waals surface area contributed by atoms with Gasteiger partial charge < -0.3 is 10.4 Å². The zero-order valence-corrected chi connectivity index (χ0v) is 11.1. The Morgan fingerprint density at radius 1 is 1.39 bits per heavy atom. The molecule has 1 saturated carbocycles. The summed E-state index contributed by atoms with van der Waals surface area (Å²) in [5, 5.41) is 12.3. The normalized spacial score (nSPS) is 22.4. The Hall–Kier alpha value is -1.51. The number of hydrogen-bond acceptors (Lipinski definition) is 2. The minimum absolute atomic E-state index is 0.0635. The molecule has 0 bridgehead atoms. The highest BCUT2D eigenvalue weighted by molar-refractivity contribution is 5.93. The van der Waals surface area contributed by atoms with E-state index in [1.54, 1.807) is 24.3 Å². The zero-order chi connectivity index (χ0) is 13.2. The fraction of sp³-hybridized carbons (Fsp3) is 0.533. The fourth-order valence-corrected chi connectivity index (χ4v) is 2.79. The second-order valence-corrected chi connectivity index (χ2v) is 5.83. The number of carbonyl (C=O) groups is 1. The van der Waals surface area contributed by atoms with Gasteiger partial charge in [0.05, 0.1) is 0 Å². The number of phenolic OH excluding ortho intramolecular Hbond substituents is 1. The largest absolute Gasteiger partial charge is 0.508 e. The number of phenols is 1. The van der Waals surface area contributed by atoms with Crippen molar-refractivity contribution < 1.29 is 9.90 Å². The summed E-state index contributed by atoms with van der Waals surface area (Å²) in [7, 11) is 0. The maximum Gasteiger partial charge on any atom is 0.228 e. The van der Waals surface area contributed by atoms with Crippen LogP contribution in [0, 0.1) is 11.3 Å². The van der Waals surface area contributed by atoms with Crippen LogP contribution in [0.25, 0.3) is 0 Å². The minimum Gasteiger partial charge on any atom is -0.508 e. The number of anilines is 1. The van der Waals surface area contributed by atoms with Gasteiger partial charge in [-0.05, 0) is 30.4 Å². The van der Waals surface area contributed by atoms with Gasteiger partial charge in [-0.25, -0.2) is 0 Å².